The SMILES string of the molecule is O=C(CCc1ccc2c(c1)OCO2)Nc1ccc(I)cc1. The number of anilines is 1. The van der Waals surface area contributed by atoms with E-state index >= 15 is 0 Å². The van der Waals surface area contributed by atoms with Gasteiger partial charge in [0, 0.05) is 15.7 Å². The molecule has 1 heterocycles. The second-order valence-electron chi connectivity index (χ2n) is 4.74. The van der Waals surface area contributed by atoms with Gasteiger partial charge in [-0.1, -0.05) is 6.07 Å². The highest BCUT2D eigenvalue weighted by atomic mass is 127. The molecule has 1 aliphatic rings. The van der Waals surface area contributed by atoms with Crippen LogP contribution in [0.5, 0.6) is 11.5 Å². The number of rotatable bonds is 4. The Labute approximate surface area is 136 Å². The zero-order chi connectivity index (χ0) is 14.7. The van der Waals surface area contributed by atoms with Gasteiger partial charge in [0.1, 0.15) is 0 Å². The molecular weight excluding hydrogens is 381 g/mol. The summed E-state index contributed by atoms with van der Waals surface area (Å²) in [6.07, 6.45) is 1.11. The first-order valence-electron chi connectivity index (χ1n) is 6.65. The van der Waals surface area contributed by atoms with Gasteiger partial charge in [-0.25, -0.2) is 0 Å². The van der Waals surface area contributed by atoms with Crippen molar-refractivity contribution in [3.8, 4) is 11.5 Å². The molecule has 0 atom stereocenters. The van der Waals surface area contributed by atoms with Gasteiger partial charge in [0.25, 0.3) is 0 Å². The first-order valence-corrected chi connectivity index (χ1v) is 7.72. The molecule has 0 aliphatic carbocycles. The molecule has 21 heavy (non-hydrogen) atoms. The summed E-state index contributed by atoms with van der Waals surface area (Å²) in [4.78, 5) is 11.9. The van der Waals surface area contributed by atoms with Gasteiger partial charge in [-0.15, -0.1) is 0 Å². The normalized spacial score (nSPS) is 12.2. The fraction of sp³-hybridized carbons (Fsp3) is 0.188. The van der Waals surface area contributed by atoms with Crippen LogP contribution in [-0.2, 0) is 11.2 Å². The summed E-state index contributed by atoms with van der Waals surface area (Å²) in [6.45, 7) is 0.270. The Hall–Kier alpha value is -1.76. The van der Waals surface area contributed by atoms with Gasteiger partial charge < -0.3 is 14.8 Å². The van der Waals surface area contributed by atoms with Crippen molar-refractivity contribution in [3.63, 3.8) is 0 Å². The summed E-state index contributed by atoms with van der Waals surface area (Å²) in [5.41, 5.74) is 1.89. The molecular formula is C16H14INO3. The third-order valence-corrected chi connectivity index (χ3v) is 3.92. The molecule has 1 aliphatic heterocycles. The number of nitrogens with one attached hydrogen (secondary N) is 1. The number of fused-ring (bicyclic) bond motifs is 1. The first kappa shape index (κ1) is 14.2. The summed E-state index contributed by atoms with van der Waals surface area (Å²) in [5, 5.41) is 2.89. The largest absolute Gasteiger partial charge is 0.454 e. The van der Waals surface area contributed by atoms with Crippen LogP contribution in [0.15, 0.2) is 42.5 Å². The maximum atomic E-state index is 11.9. The average molecular weight is 395 g/mol. The number of carbonyl (C=O) groups excluding carboxylic acids is 1. The molecule has 3 rings (SSSR count). The van der Waals surface area contributed by atoms with Gasteiger partial charge in [-0.05, 0) is 71.0 Å². The zero-order valence-electron chi connectivity index (χ0n) is 11.3. The van der Waals surface area contributed by atoms with Crippen molar-refractivity contribution < 1.29 is 14.3 Å². The number of carbonyl (C=O) groups is 1. The monoisotopic (exact) mass is 395 g/mol. The fourth-order valence-electron chi connectivity index (χ4n) is 2.11. The average Bonchev–Trinajstić information content (AvgIpc) is 2.95. The van der Waals surface area contributed by atoms with E-state index in [2.05, 4.69) is 27.9 Å². The van der Waals surface area contributed by atoms with E-state index in [1.165, 1.54) is 0 Å². The molecule has 0 saturated carbocycles. The number of ether oxygens (including phenoxy) is 2. The lowest BCUT2D eigenvalue weighted by Gasteiger charge is -2.06. The standard InChI is InChI=1S/C16H14INO3/c17-12-3-5-13(6-4-12)18-16(19)8-2-11-1-7-14-15(9-11)21-10-20-14/h1,3-7,9H,2,8,10H2,(H,18,19). The molecule has 2 aromatic carbocycles. The number of amides is 1. The molecule has 1 N–H and O–H groups in total. The van der Waals surface area contributed by atoms with E-state index in [4.69, 9.17) is 9.47 Å². The van der Waals surface area contributed by atoms with Gasteiger partial charge in [-0.2, -0.15) is 0 Å². The van der Waals surface area contributed by atoms with E-state index in [1.807, 2.05) is 42.5 Å². The number of halogens is 1. The minimum atomic E-state index is 0.00822. The van der Waals surface area contributed by atoms with E-state index in [0.29, 0.717) is 12.8 Å². The van der Waals surface area contributed by atoms with E-state index in [-0.39, 0.29) is 12.7 Å². The van der Waals surface area contributed by atoms with Crippen LogP contribution in [-0.4, -0.2) is 12.7 Å². The maximum Gasteiger partial charge on any atom is 0.231 e. The summed E-state index contributed by atoms with van der Waals surface area (Å²) < 4.78 is 11.7. The molecule has 0 radical (unpaired) electrons. The molecule has 0 bridgehead atoms. The van der Waals surface area contributed by atoms with Crippen molar-refractivity contribution in [2.45, 2.75) is 12.8 Å². The molecule has 4 nitrogen and oxygen atoms in total. The van der Waals surface area contributed by atoms with Gasteiger partial charge >= 0.3 is 0 Å². The van der Waals surface area contributed by atoms with Gasteiger partial charge in [-0.3, -0.25) is 4.79 Å². The van der Waals surface area contributed by atoms with Crippen LogP contribution in [0.4, 0.5) is 5.69 Å². The van der Waals surface area contributed by atoms with Crippen molar-refractivity contribution >= 4 is 34.2 Å². The van der Waals surface area contributed by atoms with Crippen LogP contribution >= 0.6 is 22.6 Å². The van der Waals surface area contributed by atoms with Crippen LogP contribution in [0.2, 0.25) is 0 Å². The summed E-state index contributed by atoms with van der Waals surface area (Å²) >= 11 is 2.23. The molecule has 0 spiro atoms. The lowest BCUT2D eigenvalue weighted by Crippen LogP contribution is -2.12. The predicted octanol–water partition coefficient (Wildman–Crippen LogP) is 3.59. The van der Waals surface area contributed by atoms with Crippen molar-refractivity contribution in [1.29, 1.82) is 0 Å². The minimum absolute atomic E-state index is 0.00822. The van der Waals surface area contributed by atoms with Crippen molar-refractivity contribution in [2.75, 3.05) is 12.1 Å². The second-order valence-corrected chi connectivity index (χ2v) is 5.99. The molecule has 2 aromatic rings. The Morgan fingerprint density at radius 1 is 1.10 bits per heavy atom. The highest BCUT2D eigenvalue weighted by Crippen LogP contribution is 2.32. The molecule has 0 fully saturated rings. The minimum Gasteiger partial charge on any atom is -0.454 e. The van der Waals surface area contributed by atoms with E-state index in [0.717, 1.165) is 26.3 Å². The Balaban J connectivity index is 1.55. The number of hydrogen-bond acceptors (Lipinski definition) is 3. The van der Waals surface area contributed by atoms with Gasteiger partial charge in [0.15, 0.2) is 11.5 Å². The summed E-state index contributed by atoms with van der Waals surface area (Å²) in [5.74, 6) is 1.53. The van der Waals surface area contributed by atoms with Gasteiger partial charge in [0.05, 0.1) is 0 Å². The number of hydrogen-bond donors (Lipinski definition) is 1. The second kappa shape index (κ2) is 6.34. The Kier molecular flexibility index (Phi) is 4.28. The number of aryl methyl sites for hydroxylation is 1. The molecule has 0 unspecified atom stereocenters. The molecule has 5 heteroatoms. The topological polar surface area (TPSA) is 47.6 Å². The molecule has 0 saturated heterocycles. The molecule has 0 aromatic heterocycles. The number of benzene rings is 2. The van der Waals surface area contributed by atoms with Crippen LogP contribution in [0, 0.1) is 3.57 Å². The van der Waals surface area contributed by atoms with E-state index in [9.17, 15) is 4.79 Å². The Morgan fingerprint density at radius 3 is 2.67 bits per heavy atom. The third kappa shape index (κ3) is 3.66. The van der Waals surface area contributed by atoms with E-state index in [1.54, 1.807) is 0 Å². The quantitative estimate of drug-likeness (QED) is 0.806. The smallest absolute Gasteiger partial charge is 0.231 e. The van der Waals surface area contributed by atoms with Crippen LogP contribution in [0.3, 0.4) is 0 Å². The molecule has 108 valence electrons. The maximum absolute atomic E-state index is 11.9. The highest BCUT2D eigenvalue weighted by Gasteiger charge is 2.13. The first-order chi connectivity index (χ1) is 10.2. The van der Waals surface area contributed by atoms with Gasteiger partial charge in [0.2, 0.25) is 12.7 Å². The van der Waals surface area contributed by atoms with Crippen molar-refractivity contribution in [1.82, 2.24) is 0 Å². The lowest BCUT2D eigenvalue weighted by atomic mass is 10.1. The molecule has 1 amide bonds. The van der Waals surface area contributed by atoms with E-state index < -0.39 is 0 Å². The highest BCUT2D eigenvalue weighted by molar-refractivity contribution is 14.1. The zero-order valence-corrected chi connectivity index (χ0v) is 13.4. The summed E-state index contributed by atoms with van der Waals surface area (Å²) in [6, 6.07) is 13.5. The van der Waals surface area contributed by atoms with Crippen molar-refractivity contribution in [3.05, 3.63) is 51.6 Å². The van der Waals surface area contributed by atoms with Crippen LogP contribution in [0.1, 0.15) is 12.0 Å². The third-order valence-electron chi connectivity index (χ3n) is 3.21. The lowest BCUT2D eigenvalue weighted by molar-refractivity contribution is -0.116. The summed E-state index contributed by atoms with van der Waals surface area (Å²) in [7, 11) is 0. The Morgan fingerprint density at radius 2 is 1.86 bits per heavy atom. The Bertz CT molecular complexity index is 655. The fourth-order valence-corrected chi connectivity index (χ4v) is 2.47. The van der Waals surface area contributed by atoms with Crippen LogP contribution < -0.4 is 14.8 Å². The predicted molar refractivity (Wildman–Crippen MR) is 88.7 cm³/mol. The van der Waals surface area contributed by atoms with Crippen LogP contribution in [0.25, 0.3) is 0 Å². The van der Waals surface area contributed by atoms with Crippen molar-refractivity contribution in [2.24, 2.45) is 0 Å².